The third-order valence-electron chi connectivity index (χ3n) is 4.00. The minimum atomic E-state index is 0.313. The van der Waals surface area contributed by atoms with Crippen LogP contribution in [0.1, 0.15) is 36.2 Å². The highest BCUT2D eigenvalue weighted by Crippen LogP contribution is 2.21. The molecule has 0 saturated heterocycles. The molecule has 5 nitrogen and oxygen atoms in total. The van der Waals surface area contributed by atoms with Crippen LogP contribution in [0.15, 0.2) is 24.7 Å². The van der Waals surface area contributed by atoms with Gasteiger partial charge in [-0.25, -0.2) is 4.98 Å². The molecule has 21 heavy (non-hydrogen) atoms. The number of fused-ring (bicyclic) bond motifs is 1. The summed E-state index contributed by atoms with van der Waals surface area (Å²) in [4.78, 5) is 7.00. The Balaban J connectivity index is 1.72. The summed E-state index contributed by atoms with van der Waals surface area (Å²) in [6.45, 7) is 9.38. The molecule has 0 saturated carbocycles. The van der Waals surface area contributed by atoms with Crippen molar-refractivity contribution in [1.82, 2.24) is 24.5 Å². The first-order valence-corrected chi connectivity index (χ1v) is 8.04. The summed E-state index contributed by atoms with van der Waals surface area (Å²) >= 11 is 1.74. The van der Waals surface area contributed by atoms with Crippen LogP contribution in [0.25, 0.3) is 4.96 Å². The van der Waals surface area contributed by atoms with Gasteiger partial charge in [0.25, 0.3) is 0 Å². The minimum Gasteiger partial charge on any atom is -0.307 e. The van der Waals surface area contributed by atoms with Gasteiger partial charge >= 0.3 is 0 Å². The Morgan fingerprint density at radius 2 is 2.14 bits per heavy atom. The second kappa shape index (κ2) is 5.61. The summed E-state index contributed by atoms with van der Waals surface area (Å²) in [5.74, 6) is 0. The fourth-order valence-electron chi connectivity index (χ4n) is 2.50. The predicted octanol–water partition coefficient (Wildman–Crippen LogP) is 2.95. The Kier molecular flexibility index (Phi) is 3.82. The summed E-state index contributed by atoms with van der Waals surface area (Å²) in [5.41, 5.74) is 2.35. The standard InChI is InChI=1S/C15H21N5S/c1-10-9-19-14(12(3)18-15(19)21-10)8-16-11(2)13(4)20-7-5-6-17-20/h5-7,9,11,13,16H,8H2,1-4H3/t11-,13+/m0/s1. The fourth-order valence-corrected chi connectivity index (χ4v) is 3.39. The van der Waals surface area contributed by atoms with E-state index in [0.717, 1.165) is 17.2 Å². The molecule has 0 bridgehead atoms. The Labute approximate surface area is 128 Å². The number of thiazole rings is 1. The lowest BCUT2D eigenvalue weighted by atomic mass is 10.1. The number of aromatic nitrogens is 4. The molecule has 3 aromatic heterocycles. The number of hydrogen-bond acceptors (Lipinski definition) is 4. The maximum Gasteiger partial charge on any atom is 0.194 e. The second-order valence-electron chi connectivity index (χ2n) is 5.53. The first kappa shape index (κ1) is 14.3. The zero-order valence-electron chi connectivity index (χ0n) is 12.9. The van der Waals surface area contributed by atoms with Gasteiger partial charge in [-0.05, 0) is 33.8 Å². The van der Waals surface area contributed by atoms with Crippen LogP contribution in [0.5, 0.6) is 0 Å². The molecule has 0 fully saturated rings. The molecule has 0 unspecified atom stereocenters. The Morgan fingerprint density at radius 3 is 2.86 bits per heavy atom. The van der Waals surface area contributed by atoms with Crippen molar-refractivity contribution in [3.63, 3.8) is 0 Å². The van der Waals surface area contributed by atoms with Gasteiger partial charge in [0.15, 0.2) is 4.96 Å². The molecule has 0 aromatic carbocycles. The quantitative estimate of drug-likeness (QED) is 0.788. The molecule has 0 amide bonds. The van der Waals surface area contributed by atoms with Crippen molar-refractivity contribution in [2.45, 2.75) is 46.3 Å². The van der Waals surface area contributed by atoms with E-state index in [2.05, 4.69) is 53.7 Å². The first-order chi connectivity index (χ1) is 10.1. The molecule has 0 aliphatic carbocycles. The Morgan fingerprint density at radius 1 is 1.33 bits per heavy atom. The number of hydrogen-bond donors (Lipinski definition) is 1. The highest BCUT2D eigenvalue weighted by atomic mass is 32.1. The van der Waals surface area contributed by atoms with Gasteiger partial charge in [-0.2, -0.15) is 5.10 Å². The monoisotopic (exact) mass is 303 g/mol. The van der Waals surface area contributed by atoms with E-state index >= 15 is 0 Å². The maximum absolute atomic E-state index is 4.63. The van der Waals surface area contributed by atoms with E-state index in [1.165, 1.54) is 10.6 Å². The van der Waals surface area contributed by atoms with E-state index in [9.17, 15) is 0 Å². The molecule has 0 aliphatic rings. The number of aryl methyl sites for hydroxylation is 2. The molecule has 112 valence electrons. The van der Waals surface area contributed by atoms with Gasteiger partial charge in [0, 0.05) is 36.1 Å². The molecule has 6 heteroatoms. The lowest BCUT2D eigenvalue weighted by molar-refractivity contribution is 0.363. The van der Waals surface area contributed by atoms with E-state index in [1.807, 2.05) is 23.1 Å². The first-order valence-electron chi connectivity index (χ1n) is 7.22. The van der Waals surface area contributed by atoms with Crippen molar-refractivity contribution in [2.24, 2.45) is 0 Å². The van der Waals surface area contributed by atoms with Gasteiger partial charge in [-0.1, -0.05) is 0 Å². The van der Waals surface area contributed by atoms with Gasteiger partial charge in [0.05, 0.1) is 17.4 Å². The third-order valence-corrected chi connectivity index (χ3v) is 4.90. The lowest BCUT2D eigenvalue weighted by Gasteiger charge is -2.21. The highest BCUT2D eigenvalue weighted by Gasteiger charge is 2.16. The topological polar surface area (TPSA) is 47.1 Å². The molecule has 0 radical (unpaired) electrons. The van der Waals surface area contributed by atoms with Gasteiger partial charge in [0.2, 0.25) is 0 Å². The predicted molar refractivity (Wildman–Crippen MR) is 85.8 cm³/mol. The van der Waals surface area contributed by atoms with Gasteiger partial charge in [0.1, 0.15) is 0 Å². The minimum absolute atomic E-state index is 0.313. The number of rotatable bonds is 5. The van der Waals surface area contributed by atoms with Crippen LogP contribution >= 0.6 is 11.3 Å². The molecule has 1 N–H and O–H groups in total. The Hall–Kier alpha value is -1.66. The summed E-state index contributed by atoms with van der Waals surface area (Å²) in [6, 6.07) is 2.60. The summed E-state index contributed by atoms with van der Waals surface area (Å²) in [6.07, 6.45) is 5.99. The number of imidazole rings is 1. The zero-order valence-corrected chi connectivity index (χ0v) is 13.7. The van der Waals surface area contributed by atoms with Crippen molar-refractivity contribution in [3.05, 3.63) is 40.9 Å². The normalized spacial score (nSPS) is 14.7. The van der Waals surface area contributed by atoms with Crippen molar-refractivity contribution in [2.75, 3.05) is 0 Å². The van der Waals surface area contributed by atoms with Gasteiger partial charge < -0.3 is 5.32 Å². The molecule has 0 spiro atoms. The number of nitrogens with zero attached hydrogens (tertiary/aromatic N) is 4. The van der Waals surface area contributed by atoms with Crippen LogP contribution < -0.4 is 5.32 Å². The van der Waals surface area contributed by atoms with Crippen LogP contribution in [0.3, 0.4) is 0 Å². The fraction of sp³-hybridized carbons (Fsp3) is 0.467. The maximum atomic E-state index is 4.63. The second-order valence-corrected chi connectivity index (χ2v) is 6.75. The van der Waals surface area contributed by atoms with Crippen molar-refractivity contribution >= 4 is 16.3 Å². The highest BCUT2D eigenvalue weighted by molar-refractivity contribution is 7.17. The van der Waals surface area contributed by atoms with Crippen LogP contribution in [0.4, 0.5) is 0 Å². The SMILES string of the molecule is Cc1cn2c(CN[C@@H](C)[C@@H](C)n3cccn3)c(C)nc2s1. The largest absolute Gasteiger partial charge is 0.307 e. The van der Waals surface area contributed by atoms with E-state index in [1.54, 1.807) is 11.3 Å². The summed E-state index contributed by atoms with van der Waals surface area (Å²) < 4.78 is 4.19. The number of nitrogens with one attached hydrogen (secondary N) is 1. The van der Waals surface area contributed by atoms with E-state index < -0.39 is 0 Å². The molecule has 3 heterocycles. The molecule has 3 aromatic rings. The van der Waals surface area contributed by atoms with Crippen LogP contribution in [-0.4, -0.2) is 25.2 Å². The van der Waals surface area contributed by atoms with Crippen LogP contribution in [0, 0.1) is 13.8 Å². The van der Waals surface area contributed by atoms with Crippen LogP contribution in [0.2, 0.25) is 0 Å². The smallest absolute Gasteiger partial charge is 0.194 e. The van der Waals surface area contributed by atoms with Crippen molar-refractivity contribution < 1.29 is 0 Å². The molecular formula is C15H21N5S. The summed E-state index contributed by atoms with van der Waals surface area (Å²) in [7, 11) is 0. The van der Waals surface area contributed by atoms with E-state index in [0.29, 0.717) is 12.1 Å². The average molecular weight is 303 g/mol. The molecule has 2 atom stereocenters. The lowest BCUT2D eigenvalue weighted by Crippen LogP contribution is -2.34. The molecule has 0 aliphatic heterocycles. The Bertz CT molecular complexity index is 725. The van der Waals surface area contributed by atoms with Crippen molar-refractivity contribution in [1.29, 1.82) is 0 Å². The molecular weight excluding hydrogens is 282 g/mol. The zero-order chi connectivity index (χ0) is 15.0. The van der Waals surface area contributed by atoms with Gasteiger partial charge in [-0.3, -0.25) is 9.08 Å². The van der Waals surface area contributed by atoms with E-state index in [4.69, 9.17) is 0 Å². The van der Waals surface area contributed by atoms with Gasteiger partial charge in [-0.15, -0.1) is 11.3 Å². The van der Waals surface area contributed by atoms with E-state index in [-0.39, 0.29) is 0 Å². The van der Waals surface area contributed by atoms with Crippen molar-refractivity contribution in [3.8, 4) is 0 Å². The average Bonchev–Trinajstić information content (AvgIpc) is 3.12. The molecule has 3 rings (SSSR count). The van der Waals surface area contributed by atoms with Crippen LogP contribution in [-0.2, 0) is 6.54 Å². The summed E-state index contributed by atoms with van der Waals surface area (Å²) in [5, 5.41) is 7.91. The third kappa shape index (κ3) is 2.73.